The summed E-state index contributed by atoms with van der Waals surface area (Å²) in [6.45, 7) is 0. The van der Waals surface area contributed by atoms with E-state index in [2.05, 4.69) is 20.2 Å². The number of rotatable bonds is 6. The zero-order chi connectivity index (χ0) is 21.8. The number of anilines is 2. The van der Waals surface area contributed by atoms with E-state index in [1.165, 1.54) is 23.5 Å². The molecule has 0 bridgehead atoms. The molecule has 7 nitrogen and oxygen atoms in total. The largest absolute Gasteiger partial charge is 0.296 e. The van der Waals surface area contributed by atoms with Gasteiger partial charge in [0.1, 0.15) is 10.8 Å². The van der Waals surface area contributed by atoms with Crippen molar-refractivity contribution in [3.63, 3.8) is 0 Å². The van der Waals surface area contributed by atoms with Gasteiger partial charge in [-0.1, -0.05) is 53.8 Å². The first-order valence-corrected chi connectivity index (χ1v) is 11.3. The van der Waals surface area contributed by atoms with Crippen LogP contribution < -0.4 is 10.0 Å². The maximum Gasteiger partial charge on any atom is 0.261 e. The third kappa shape index (κ3) is 4.76. The molecule has 156 valence electrons. The molecular weight excluding hydrogens is 439 g/mol. The summed E-state index contributed by atoms with van der Waals surface area (Å²) in [5.74, 6) is -1.10. The van der Waals surface area contributed by atoms with Crippen molar-refractivity contribution in [2.24, 2.45) is 0 Å². The highest BCUT2D eigenvalue weighted by Crippen LogP contribution is 2.27. The van der Waals surface area contributed by atoms with E-state index in [9.17, 15) is 17.6 Å². The molecule has 0 aliphatic carbocycles. The van der Waals surface area contributed by atoms with E-state index in [1.807, 2.05) is 30.3 Å². The van der Waals surface area contributed by atoms with Gasteiger partial charge in [-0.25, -0.2) is 12.8 Å². The maximum absolute atomic E-state index is 13.1. The summed E-state index contributed by atoms with van der Waals surface area (Å²) in [5.41, 5.74) is 1.05. The van der Waals surface area contributed by atoms with Crippen molar-refractivity contribution in [1.29, 1.82) is 0 Å². The smallest absolute Gasteiger partial charge is 0.261 e. The van der Waals surface area contributed by atoms with Gasteiger partial charge in [-0.05, 0) is 36.4 Å². The van der Waals surface area contributed by atoms with E-state index in [4.69, 9.17) is 0 Å². The van der Waals surface area contributed by atoms with Gasteiger partial charge >= 0.3 is 0 Å². The molecule has 31 heavy (non-hydrogen) atoms. The van der Waals surface area contributed by atoms with Crippen LogP contribution in [0.4, 0.5) is 15.2 Å². The lowest BCUT2D eigenvalue weighted by atomic mass is 10.2. The summed E-state index contributed by atoms with van der Waals surface area (Å²) < 4.78 is 40.7. The second kappa shape index (κ2) is 8.62. The highest BCUT2D eigenvalue weighted by atomic mass is 32.2. The van der Waals surface area contributed by atoms with Gasteiger partial charge in [-0.2, -0.15) is 0 Å². The molecule has 0 aliphatic rings. The van der Waals surface area contributed by atoms with Crippen LogP contribution in [0.25, 0.3) is 10.6 Å². The van der Waals surface area contributed by atoms with Crippen LogP contribution in [0, 0.1) is 5.82 Å². The molecule has 0 radical (unpaired) electrons. The summed E-state index contributed by atoms with van der Waals surface area (Å²) >= 11 is 1.20. The third-order valence-electron chi connectivity index (χ3n) is 4.21. The van der Waals surface area contributed by atoms with Crippen molar-refractivity contribution < 1.29 is 17.6 Å². The number of hydrogen-bond acceptors (Lipinski definition) is 6. The molecule has 0 aliphatic heterocycles. The first kappa shape index (κ1) is 20.6. The van der Waals surface area contributed by atoms with Crippen LogP contribution in [-0.4, -0.2) is 24.5 Å². The van der Waals surface area contributed by atoms with Crippen molar-refractivity contribution in [3.05, 3.63) is 90.2 Å². The molecule has 1 amide bonds. The fraction of sp³-hybridized carbons (Fsp3) is 0. The summed E-state index contributed by atoms with van der Waals surface area (Å²) in [6, 6.07) is 19.9. The number of carbonyl (C=O) groups is 1. The lowest BCUT2D eigenvalue weighted by molar-refractivity contribution is 0.102. The van der Waals surface area contributed by atoms with Crippen molar-refractivity contribution in [1.82, 2.24) is 10.2 Å². The van der Waals surface area contributed by atoms with Gasteiger partial charge in [0.25, 0.3) is 15.9 Å². The fourth-order valence-electron chi connectivity index (χ4n) is 2.72. The lowest BCUT2D eigenvalue weighted by Crippen LogP contribution is -2.18. The number of sulfonamides is 1. The molecule has 4 rings (SSSR count). The predicted molar refractivity (Wildman–Crippen MR) is 117 cm³/mol. The van der Waals surface area contributed by atoms with Crippen LogP contribution in [0.2, 0.25) is 0 Å². The maximum atomic E-state index is 13.1. The number of benzene rings is 3. The number of nitrogens with one attached hydrogen (secondary N) is 2. The fourth-order valence-corrected chi connectivity index (χ4v) is 4.55. The molecule has 2 N–H and O–H groups in total. The van der Waals surface area contributed by atoms with Gasteiger partial charge in [-0.3, -0.25) is 14.8 Å². The summed E-state index contributed by atoms with van der Waals surface area (Å²) in [7, 11) is -4.01. The molecule has 0 saturated heterocycles. The Morgan fingerprint density at radius 1 is 0.871 bits per heavy atom. The third-order valence-corrected chi connectivity index (χ3v) is 6.48. The second-order valence-electron chi connectivity index (χ2n) is 6.34. The highest BCUT2D eigenvalue weighted by Gasteiger charge is 2.19. The standard InChI is InChI=1S/C21H15FN4O3S2/c22-15-10-12-16(13-11-15)31(28,29)26-18-9-5-4-8-17(18)19(27)23-21-25-24-20(30-21)14-6-2-1-3-7-14/h1-13,26H,(H,23,25,27). The normalized spacial score (nSPS) is 11.1. The van der Waals surface area contributed by atoms with E-state index in [0.717, 1.165) is 29.8 Å². The molecule has 0 atom stereocenters. The van der Waals surface area contributed by atoms with E-state index in [-0.39, 0.29) is 21.3 Å². The Balaban J connectivity index is 1.55. The molecule has 4 aromatic rings. The predicted octanol–water partition coefficient (Wildman–Crippen LogP) is 4.40. The average Bonchev–Trinajstić information content (AvgIpc) is 3.23. The number of carbonyl (C=O) groups excluding carboxylic acids is 1. The first-order chi connectivity index (χ1) is 14.9. The van der Waals surface area contributed by atoms with Gasteiger partial charge in [-0.15, -0.1) is 10.2 Å². The summed E-state index contributed by atoms with van der Waals surface area (Å²) in [5, 5.41) is 11.6. The Morgan fingerprint density at radius 3 is 2.29 bits per heavy atom. The zero-order valence-corrected chi connectivity index (χ0v) is 17.5. The van der Waals surface area contributed by atoms with Crippen LogP contribution in [0.3, 0.4) is 0 Å². The Morgan fingerprint density at radius 2 is 1.55 bits per heavy atom. The summed E-state index contributed by atoms with van der Waals surface area (Å²) in [4.78, 5) is 12.7. The van der Waals surface area contributed by atoms with Crippen LogP contribution in [0.15, 0.2) is 83.8 Å². The zero-order valence-electron chi connectivity index (χ0n) is 15.8. The van der Waals surface area contributed by atoms with Crippen molar-refractivity contribution >= 4 is 38.1 Å². The SMILES string of the molecule is O=C(Nc1nnc(-c2ccccc2)s1)c1ccccc1NS(=O)(=O)c1ccc(F)cc1. The highest BCUT2D eigenvalue weighted by molar-refractivity contribution is 7.92. The van der Waals surface area contributed by atoms with E-state index in [0.29, 0.717) is 5.01 Å². The topological polar surface area (TPSA) is 101 Å². The quantitative estimate of drug-likeness (QED) is 0.450. The Hall–Kier alpha value is -3.63. The minimum absolute atomic E-state index is 0.0807. The molecular formula is C21H15FN4O3S2. The van der Waals surface area contributed by atoms with Crippen LogP contribution in [0.5, 0.6) is 0 Å². The van der Waals surface area contributed by atoms with Crippen LogP contribution in [-0.2, 0) is 10.0 Å². The lowest BCUT2D eigenvalue weighted by Gasteiger charge is -2.12. The second-order valence-corrected chi connectivity index (χ2v) is 9.00. The Bertz CT molecular complexity index is 1320. The molecule has 3 aromatic carbocycles. The first-order valence-electron chi connectivity index (χ1n) is 9.00. The molecule has 0 unspecified atom stereocenters. The van der Waals surface area contributed by atoms with Gasteiger partial charge < -0.3 is 0 Å². The van der Waals surface area contributed by atoms with Crippen molar-refractivity contribution in [2.45, 2.75) is 4.90 Å². The number of aromatic nitrogens is 2. The number of para-hydroxylation sites is 1. The van der Waals surface area contributed by atoms with Gasteiger partial charge in [0.2, 0.25) is 5.13 Å². The Kier molecular flexibility index (Phi) is 5.74. The molecule has 0 fully saturated rings. The number of hydrogen-bond donors (Lipinski definition) is 2. The van der Waals surface area contributed by atoms with Crippen molar-refractivity contribution in [2.75, 3.05) is 10.0 Å². The van der Waals surface area contributed by atoms with Crippen molar-refractivity contribution in [3.8, 4) is 10.6 Å². The monoisotopic (exact) mass is 454 g/mol. The summed E-state index contributed by atoms with van der Waals surface area (Å²) in [6.07, 6.45) is 0. The number of amides is 1. The number of nitrogens with zero attached hydrogens (tertiary/aromatic N) is 2. The molecule has 10 heteroatoms. The van der Waals surface area contributed by atoms with Gasteiger partial charge in [0.05, 0.1) is 16.1 Å². The minimum Gasteiger partial charge on any atom is -0.296 e. The molecule has 1 aromatic heterocycles. The molecule has 0 spiro atoms. The van der Waals surface area contributed by atoms with Crippen LogP contribution >= 0.6 is 11.3 Å². The van der Waals surface area contributed by atoms with E-state index < -0.39 is 21.7 Å². The Labute approximate surface area is 181 Å². The molecule has 0 saturated carbocycles. The average molecular weight is 455 g/mol. The van der Waals surface area contributed by atoms with Gasteiger partial charge in [0.15, 0.2) is 0 Å². The van der Waals surface area contributed by atoms with Crippen LogP contribution in [0.1, 0.15) is 10.4 Å². The van der Waals surface area contributed by atoms with Gasteiger partial charge in [0, 0.05) is 5.56 Å². The van der Waals surface area contributed by atoms with E-state index >= 15 is 0 Å². The molecule has 1 heterocycles. The van der Waals surface area contributed by atoms with E-state index in [1.54, 1.807) is 12.1 Å². The number of halogens is 1. The minimum atomic E-state index is -4.01.